The molecule has 2 aromatic rings. The summed E-state index contributed by atoms with van der Waals surface area (Å²) in [5, 5.41) is 3.27. The highest BCUT2D eigenvalue weighted by molar-refractivity contribution is 7.16. The van der Waals surface area contributed by atoms with Crippen LogP contribution < -0.4 is 15.8 Å². The number of rotatable bonds is 6. The topological polar surface area (TPSA) is 90.7 Å². The molecule has 3 N–H and O–H groups in total. The predicted molar refractivity (Wildman–Crippen MR) is 101 cm³/mol. The fourth-order valence-corrected chi connectivity index (χ4v) is 3.92. The zero-order valence-electron chi connectivity index (χ0n) is 14.8. The number of benzene rings is 1. The van der Waals surface area contributed by atoms with Gasteiger partial charge in [-0.15, -0.1) is 11.3 Å². The lowest BCUT2D eigenvalue weighted by Gasteiger charge is -2.11. The Bertz CT molecular complexity index is 808. The molecule has 0 radical (unpaired) electrons. The number of carbonyl (C=O) groups is 2. The minimum Gasteiger partial charge on any atom is -0.491 e. The fourth-order valence-electron chi connectivity index (χ4n) is 2.85. The molecule has 3 rings (SSSR count). The van der Waals surface area contributed by atoms with E-state index in [1.807, 2.05) is 13.8 Å². The van der Waals surface area contributed by atoms with Crippen LogP contribution in [0, 0.1) is 13.8 Å². The van der Waals surface area contributed by atoms with Gasteiger partial charge in [-0.3, -0.25) is 9.59 Å². The molecule has 6 nitrogen and oxygen atoms in total. The van der Waals surface area contributed by atoms with Crippen molar-refractivity contribution in [2.45, 2.75) is 32.8 Å². The molecular weight excluding hydrogens is 352 g/mol. The SMILES string of the molecule is Cc1sc(NC(=O)c2ccc(OC[C@@H]3CCCO3)cc2)c(C(N)=O)c1C. The Labute approximate surface area is 156 Å². The highest BCUT2D eigenvalue weighted by Gasteiger charge is 2.20. The van der Waals surface area contributed by atoms with Gasteiger partial charge in [-0.1, -0.05) is 0 Å². The molecule has 1 atom stereocenters. The Morgan fingerprint density at radius 2 is 2.04 bits per heavy atom. The molecule has 138 valence electrons. The van der Waals surface area contributed by atoms with Crippen LogP contribution in [0.4, 0.5) is 5.00 Å². The van der Waals surface area contributed by atoms with Crippen LogP contribution in [0.15, 0.2) is 24.3 Å². The van der Waals surface area contributed by atoms with Gasteiger partial charge in [-0.2, -0.15) is 0 Å². The molecule has 2 amide bonds. The van der Waals surface area contributed by atoms with Crippen molar-refractivity contribution in [3.8, 4) is 5.75 Å². The van der Waals surface area contributed by atoms with Crippen LogP contribution in [0.25, 0.3) is 0 Å². The average Bonchev–Trinajstić information content (AvgIpc) is 3.22. The van der Waals surface area contributed by atoms with Crippen LogP contribution in [-0.2, 0) is 4.74 Å². The summed E-state index contributed by atoms with van der Waals surface area (Å²) in [4.78, 5) is 25.1. The number of nitrogens with one attached hydrogen (secondary N) is 1. The van der Waals surface area contributed by atoms with Crippen molar-refractivity contribution in [2.75, 3.05) is 18.5 Å². The van der Waals surface area contributed by atoms with Crippen LogP contribution in [-0.4, -0.2) is 31.1 Å². The van der Waals surface area contributed by atoms with Crippen LogP contribution >= 0.6 is 11.3 Å². The Kier molecular flexibility index (Phi) is 5.58. The number of carbonyl (C=O) groups excluding carboxylic acids is 2. The summed E-state index contributed by atoms with van der Waals surface area (Å²) >= 11 is 1.35. The number of hydrogen-bond donors (Lipinski definition) is 2. The maximum atomic E-state index is 12.5. The Hall–Kier alpha value is -2.38. The lowest BCUT2D eigenvalue weighted by Crippen LogP contribution is -2.17. The second kappa shape index (κ2) is 7.88. The van der Waals surface area contributed by atoms with Crippen molar-refractivity contribution in [1.82, 2.24) is 0 Å². The van der Waals surface area contributed by atoms with Gasteiger partial charge in [0.25, 0.3) is 11.8 Å². The van der Waals surface area contributed by atoms with Gasteiger partial charge < -0.3 is 20.5 Å². The Balaban J connectivity index is 1.65. The largest absolute Gasteiger partial charge is 0.491 e. The second-order valence-corrected chi connectivity index (χ2v) is 7.50. The molecular formula is C19H22N2O4S. The predicted octanol–water partition coefficient (Wildman–Crippen LogP) is 3.27. The van der Waals surface area contributed by atoms with E-state index in [1.165, 1.54) is 11.3 Å². The number of primary amides is 1. The van der Waals surface area contributed by atoms with Crippen molar-refractivity contribution in [2.24, 2.45) is 5.73 Å². The van der Waals surface area contributed by atoms with E-state index in [4.69, 9.17) is 15.2 Å². The maximum absolute atomic E-state index is 12.5. The van der Waals surface area contributed by atoms with Crippen LogP contribution in [0.3, 0.4) is 0 Å². The zero-order valence-corrected chi connectivity index (χ0v) is 15.7. The molecule has 0 saturated carbocycles. The fraction of sp³-hybridized carbons (Fsp3) is 0.368. The molecule has 1 aromatic heterocycles. The standard InChI is InChI=1S/C19H22N2O4S/c1-11-12(2)26-19(16(11)17(20)22)21-18(23)13-5-7-14(8-6-13)25-10-15-4-3-9-24-15/h5-8,15H,3-4,9-10H2,1-2H3,(H2,20,22)(H,21,23)/t15-/m0/s1. The number of thiophene rings is 1. The second-order valence-electron chi connectivity index (χ2n) is 6.28. The van der Waals surface area contributed by atoms with Crippen molar-refractivity contribution >= 4 is 28.2 Å². The summed E-state index contributed by atoms with van der Waals surface area (Å²) in [6, 6.07) is 6.89. The summed E-state index contributed by atoms with van der Waals surface area (Å²) in [6.45, 7) is 5.02. The first-order valence-corrected chi connectivity index (χ1v) is 9.33. The molecule has 7 heteroatoms. The Morgan fingerprint density at radius 3 is 2.65 bits per heavy atom. The number of anilines is 1. The van der Waals surface area contributed by atoms with Crippen LogP contribution in [0.2, 0.25) is 0 Å². The van der Waals surface area contributed by atoms with Gasteiger partial charge in [0.2, 0.25) is 0 Å². The third-order valence-corrected chi connectivity index (χ3v) is 5.56. The van der Waals surface area contributed by atoms with Crippen LogP contribution in [0.1, 0.15) is 44.0 Å². The van der Waals surface area contributed by atoms with Crippen molar-refractivity contribution < 1.29 is 19.1 Å². The molecule has 1 aromatic carbocycles. The lowest BCUT2D eigenvalue weighted by atomic mass is 10.1. The molecule has 1 aliphatic heterocycles. The number of ether oxygens (including phenoxy) is 2. The first kappa shape index (κ1) is 18.4. The minimum atomic E-state index is -0.542. The van der Waals surface area contributed by atoms with E-state index in [0.29, 0.717) is 28.5 Å². The molecule has 1 fully saturated rings. The first-order valence-electron chi connectivity index (χ1n) is 8.51. The smallest absolute Gasteiger partial charge is 0.256 e. The third kappa shape index (κ3) is 4.05. The summed E-state index contributed by atoms with van der Waals surface area (Å²) in [5.74, 6) is -0.142. The normalized spacial score (nSPS) is 16.5. The van der Waals surface area contributed by atoms with E-state index in [0.717, 1.165) is 29.9 Å². The van der Waals surface area contributed by atoms with E-state index in [-0.39, 0.29) is 12.0 Å². The number of amides is 2. The lowest BCUT2D eigenvalue weighted by molar-refractivity contribution is 0.0679. The van der Waals surface area contributed by atoms with Gasteiger partial charge in [-0.05, 0) is 56.5 Å². The van der Waals surface area contributed by atoms with E-state index in [1.54, 1.807) is 24.3 Å². The summed E-state index contributed by atoms with van der Waals surface area (Å²) < 4.78 is 11.2. The summed E-state index contributed by atoms with van der Waals surface area (Å²) in [6.07, 6.45) is 2.24. The molecule has 26 heavy (non-hydrogen) atoms. The van der Waals surface area contributed by atoms with Crippen LogP contribution in [0.5, 0.6) is 5.75 Å². The van der Waals surface area contributed by atoms with E-state index >= 15 is 0 Å². The number of aryl methyl sites for hydroxylation is 1. The quantitative estimate of drug-likeness (QED) is 0.812. The minimum absolute atomic E-state index is 0.149. The van der Waals surface area contributed by atoms with Gasteiger partial charge in [0.05, 0.1) is 11.7 Å². The zero-order chi connectivity index (χ0) is 18.7. The number of hydrogen-bond acceptors (Lipinski definition) is 5. The first-order chi connectivity index (χ1) is 12.5. The molecule has 0 unspecified atom stereocenters. The van der Waals surface area contributed by atoms with E-state index < -0.39 is 5.91 Å². The molecule has 1 saturated heterocycles. The monoisotopic (exact) mass is 374 g/mol. The maximum Gasteiger partial charge on any atom is 0.256 e. The Morgan fingerprint density at radius 1 is 1.31 bits per heavy atom. The highest BCUT2D eigenvalue weighted by atomic mass is 32.1. The van der Waals surface area contributed by atoms with Crippen molar-refractivity contribution in [3.63, 3.8) is 0 Å². The highest BCUT2D eigenvalue weighted by Crippen LogP contribution is 2.32. The summed E-state index contributed by atoms with van der Waals surface area (Å²) in [7, 11) is 0. The van der Waals surface area contributed by atoms with Gasteiger partial charge >= 0.3 is 0 Å². The van der Waals surface area contributed by atoms with Gasteiger partial charge in [0.15, 0.2) is 0 Å². The van der Waals surface area contributed by atoms with Gasteiger partial charge in [-0.25, -0.2) is 0 Å². The van der Waals surface area contributed by atoms with Gasteiger partial charge in [0, 0.05) is 17.0 Å². The number of nitrogens with two attached hydrogens (primary N) is 1. The molecule has 0 bridgehead atoms. The van der Waals surface area contributed by atoms with Gasteiger partial charge in [0.1, 0.15) is 17.4 Å². The molecule has 2 heterocycles. The van der Waals surface area contributed by atoms with E-state index in [2.05, 4.69) is 5.32 Å². The average molecular weight is 374 g/mol. The van der Waals surface area contributed by atoms with E-state index in [9.17, 15) is 9.59 Å². The van der Waals surface area contributed by atoms with Crippen molar-refractivity contribution in [1.29, 1.82) is 0 Å². The molecule has 0 aliphatic carbocycles. The van der Waals surface area contributed by atoms with Crippen molar-refractivity contribution in [3.05, 3.63) is 45.8 Å². The molecule has 0 spiro atoms. The third-order valence-electron chi connectivity index (χ3n) is 4.44. The molecule has 1 aliphatic rings. The summed E-state index contributed by atoms with van der Waals surface area (Å²) in [5.41, 5.74) is 7.09.